The van der Waals surface area contributed by atoms with Gasteiger partial charge in [-0.25, -0.2) is 0 Å². The number of alkyl halides is 3. The number of ether oxygens (including phenoxy) is 4. The van der Waals surface area contributed by atoms with Gasteiger partial charge < -0.3 is 18.9 Å². The number of halogens is 3. The molecule has 7 heteroatoms. The van der Waals surface area contributed by atoms with Crippen molar-refractivity contribution in [2.45, 2.75) is 21.9 Å². The number of rotatable bonds is 8. The van der Waals surface area contributed by atoms with Gasteiger partial charge in [0.2, 0.25) is 3.79 Å². The van der Waals surface area contributed by atoms with Crippen LogP contribution in [0.3, 0.4) is 0 Å². The third-order valence-corrected chi connectivity index (χ3v) is 5.09. The van der Waals surface area contributed by atoms with E-state index in [2.05, 4.69) is 0 Å². The largest absolute Gasteiger partial charge is 0.491 e. The van der Waals surface area contributed by atoms with Gasteiger partial charge in [-0.1, -0.05) is 59.1 Å². The van der Waals surface area contributed by atoms with Crippen LogP contribution >= 0.6 is 34.8 Å². The fourth-order valence-electron chi connectivity index (χ4n) is 2.79. The third kappa shape index (κ3) is 5.43. The molecule has 2 fully saturated rings. The van der Waals surface area contributed by atoms with Crippen molar-refractivity contribution in [1.82, 2.24) is 0 Å². The van der Waals surface area contributed by atoms with E-state index in [0.717, 1.165) is 35.8 Å². The fourth-order valence-corrected chi connectivity index (χ4v) is 3.55. The van der Waals surface area contributed by atoms with Crippen LogP contribution in [-0.2, 0) is 9.47 Å². The lowest BCUT2D eigenvalue weighted by molar-refractivity contribution is 0.263. The Bertz CT molecular complexity index is 691. The quantitative estimate of drug-likeness (QED) is 0.449. The predicted octanol–water partition coefficient (Wildman–Crippen LogP) is 4.74. The SMILES string of the molecule is ClC(Cl)(Cl)C(c1ccc(OC[C@H]2CO2)cc1)c1ccc(OC[C@H]2CO2)cc1. The number of epoxide rings is 2. The highest BCUT2D eigenvalue weighted by Gasteiger charge is 2.35. The summed E-state index contributed by atoms with van der Waals surface area (Å²) in [4.78, 5) is 0. The third-order valence-electron chi connectivity index (χ3n) is 4.43. The minimum absolute atomic E-state index is 0.214. The molecule has 0 aliphatic carbocycles. The van der Waals surface area contributed by atoms with Gasteiger partial charge >= 0.3 is 0 Å². The van der Waals surface area contributed by atoms with E-state index in [1.165, 1.54) is 0 Å². The first kappa shape index (κ1) is 19.2. The Labute approximate surface area is 173 Å². The lowest BCUT2D eigenvalue weighted by Crippen LogP contribution is -2.18. The number of hydrogen-bond donors (Lipinski definition) is 0. The number of benzene rings is 2. The zero-order valence-electron chi connectivity index (χ0n) is 14.4. The van der Waals surface area contributed by atoms with Crippen molar-refractivity contribution >= 4 is 34.8 Å². The molecule has 0 radical (unpaired) electrons. The zero-order chi connectivity index (χ0) is 18.9. The average molecular weight is 430 g/mol. The Balaban J connectivity index is 1.48. The van der Waals surface area contributed by atoms with Gasteiger partial charge in [-0.2, -0.15) is 0 Å². The summed E-state index contributed by atoms with van der Waals surface area (Å²) in [6.07, 6.45) is 0.427. The Morgan fingerprint density at radius 1 is 0.778 bits per heavy atom. The van der Waals surface area contributed by atoms with Gasteiger partial charge in [0.15, 0.2) is 0 Å². The normalized spacial score (nSPS) is 21.2. The first-order chi connectivity index (χ1) is 13.0. The summed E-state index contributed by atoms with van der Waals surface area (Å²) in [5.41, 5.74) is 1.79. The smallest absolute Gasteiger partial charge is 0.201 e. The molecule has 0 unspecified atom stereocenters. The Morgan fingerprint density at radius 2 is 1.15 bits per heavy atom. The lowest BCUT2D eigenvalue weighted by atomic mass is 9.92. The molecule has 27 heavy (non-hydrogen) atoms. The molecule has 4 rings (SSSR count). The van der Waals surface area contributed by atoms with E-state index in [1.807, 2.05) is 48.5 Å². The van der Waals surface area contributed by atoms with Gasteiger partial charge in [0.1, 0.15) is 36.9 Å². The molecule has 2 aliphatic heterocycles. The molecule has 0 aromatic heterocycles. The molecule has 0 saturated carbocycles. The van der Waals surface area contributed by atoms with Crippen LogP contribution in [-0.4, -0.2) is 42.4 Å². The first-order valence-electron chi connectivity index (χ1n) is 8.74. The monoisotopic (exact) mass is 428 g/mol. The molecular weight excluding hydrogens is 411 g/mol. The molecule has 4 nitrogen and oxygen atoms in total. The van der Waals surface area contributed by atoms with Crippen LogP contribution in [0.2, 0.25) is 0 Å². The second-order valence-corrected chi connectivity index (χ2v) is 9.01. The highest BCUT2D eigenvalue weighted by molar-refractivity contribution is 6.68. The summed E-state index contributed by atoms with van der Waals surface area (Å²) in [6.45, 7) is 2.64. The van der Waals surface area contributed by atoms with Crippen molar-refractivity contribution in [1.29, 1.82) is 0 Å². The molecule has 0 bridgehead atoms. The molecule has 144 valence electrons. The van der Waals surface area contributed by atoms with Gasteiger partial charge in [-0.15, -0.1) is 0 Å². The standard InChI is InChI=1S/C20H19Cl3O4/c21-20(22,23)19(13-1-5-15(6-2-13)24-9-17-11-26-17)14-3-7-16(8-4-14)25-10-18-12-27-18/h1-8,17-19H,9-12H2/t17-,18-/m0/s1. The second-order valence-electron chi connectivity index (χ2n) is 6.65. The Hall–Kier alpha value is -1.17. The van der Waals surface area contributed by atoms with Crippen molar-refractivity contribution in [3.63, 3.8) is 0 Å². The second kappa shape index (κ2) is 8.06. The molecule has 0 N–H and O–H groups in total. The van der Waals surface area contributed by atoms with Gasteiger partial charge in [-0.3, -0.25) is 0 Å². The maximum Gasteiger partial charge on any atom is 0.201 e. The summed E-state index contributed by atoms with van der Waals surface area (Å²) < 4.78 is 20.1. The van der Waals surface area contributed by atoms with Crippen molar-refractivity contribution in [3.8, 4) is 11.5 Å². The van der Waals surface area contributed by atoms with E-state index >= 15 is 0 Å². The molecule has 0 spiro atoms. The highest BCUT2D eigenvalue weighted by Crippen LogP contribution is 2.46. The molecular formula is C20H19Cl3O4. The maximum atomic E-state index is 6.31. The van der Waals surface area contributed by atoms with Gasteiger partial charge in [-0.05, 0) is 35.4 Å². The first-order valence-corrected chi connectivity index (χ1v) is 9.88. The molecule has 2 aliphatic rings. The van der Waals surface area contributed by atoms with Crippen molar-refractivity contribution in [3.05, 3.63) is 59.7 Å². The molecule has 2 saturated heterocycles. The van der Waals surface area contributed by atoms with Crippen molar-refractivity contribution < 1.29 is 18.9 Å². The molecule has 2 atom stereocenters. The van der Waals surface area contributed by atoms with Crippen LogP contribution in [0.1, 0.15) is 17.0 Å². The zero-order valence-corrected chi connectivity index (χ0v) is 16.7. The van der Waals surface area contributed by atoms with E-state index in [1.54, 1.807) is 0 Å². The number of hydrogen-bond acceptors (Lipinski definition) is 4. The summed E-state index contributed by atoms with van der Waals surface area (Å²) >= 11 is 18.9. The average Bonchev–Trinajstić information content (AvgIpc) is 3.54. The van der Waals surface area contributed by atoms with E-state index in [9.17, 15) is 0 Å². The van der Waals surface area contributed by atoms with Crippen LogP contribution in [0.4, 0.5) is 0 Å². The van der Waals surface area contributed by atoms with Crippen LogP contribution < -0.4 is 9.47 Å². The molecule has 2 aromatic rings. The maximum absolute atomic E-state index is 6.31. The molecule has 2 heterocycles. The lowest BCUT2D eigenvalue weighted by Gasteiger charge is -2.26. The van der Waals surface area contributed by atoms with E-state index in [0.29, 0.717) is 13.2 Å². The topological polar surface area (TPSA) is 43.5 Å². The van der Waals surface area contributed by atoms with Crippen LogP contribution in [0.25, 0.3) is 0 Å². The van der Waals surface area contributed by atoms with E-state index in [4.69, 9.17) is 53.8 Å². The van der Waals surface area contributed by atoms with E-state index < -0.39 is 9.71 Å². The minimum Gasteiger partial charge on any atom is -0.491 e. The predicted molar refractivity (Wildman–Crippen MR) is 105 cm³/mol. The Kier molecular flexibility index (Phi) is 5.72. The van der Waals surface area contributed by atoms with Crippen LogP contribution in [0.15, 0.2) is 48.5 Å². The summed E-state index contributed by atoms with van der Waals surface area (Å²) in [5.74, 6) is 1.12. The fraction of sp³-hybridized carbons (Fsp3) is 0.400. The van der Waals surface area contributed by atoms with Gasteiger partial charge in [0, 0.05) is 0 Å². The van der Waals surface area contributed by atoms with Crippen LogP contribution in [0.5, 0.6) is 11.5 Å². The molecule has 0 amide bonds. The summed E-state index contributed by atoms with van der Waals surface area (Å²) in [5, 5.41) is 0. The van der Waals surface area contributed by atoms with Gasteiger partial charge in [0.25, 0.3) is 0 Å². The minimum atomic E-state index is -1.49. The van der Waals surface area contributed by atoms with E-state index in [-0.39, 0.29) is 12.2 Å². The van der Waals surface area contributed by atoms with Crippen molar-refractivity contribution in [2.24, 2.45) is 0 Å². The van der Waals surface area contributed by atoms with Gasteiger partial charge in [0.05, 0.1) is 19.1 Å². The van der Waals surface area contributed by atoms with Crippen LogP contribution in [0, 0.1) is 0 Å². The van der Waals surface area contributed by atoms with Crippen molar-refractivity contribution in [2.75, 3.05) is 26.4 Å². The molecule has 2 aromatic carbocycles. The summed E-state index contributed by atoms with van der Waals surface area (Å²) in [6, 6.07) is 15.2. The Morgan fingerprint density at radius 3 is 1.44 bits per heavy atom. The highest BCUT2D eigenvalue weighted by atomic mass is 35.6. The summed E-state index contributed by atoms with van der Waals surface area (Å²) in [7, 11) is 0.